The molecule has 3 N–H and O–H groups in total. The summed E-state index contributed by atoms with van der Waals surface area (Å²) in [5.41, 5.74) is 1.56. The first kappa shape index (κ1) is 53.8. The number of carbonyl (C=O) groups is 2. The Balaban J connectivity index is 1.57. The van der Waals surface area contributed by atoms with Crippen molar-refractivity contribution in [3.8, 4) is 0 Å². The highest BCUT2D eigenvalue weighted by Gasteiger charge is 2.40. The van der Waals surface area contributed by atoms with Crippen LogP contribution in [0.1, 0.15) is 211 Å². The number of unbranched alkanes of at least 4 members (excludes halogenated alkanes) is 23. The summed E-state index contributed by atoms with van der Waals surface area (Å²) in [5, 5.41) is 26.2. The highest BCUT2D eigenvalue weighted by Crippen LogP contribution is 2.40. The maximum Gasteiger partial charge on any atom is 0.303 e. The SMILES string of the molecule is CCCCCCCCCCCCCCCCCCCCCC[C@@H](OC(C)=O)C(=O)N[C@@H](COC(c1ccccc1)(c1ccccc1)c1ccccc1)[C@H](O)[C@H](O)CCCCCCC. The van der Waals surface area contributed by atoms with Gasteiger partial charge in [0.2, 0.25) is 0 Å². The van der Waals surface area contributed by atoms with E-state index in [2.05, 4.69) is 19.2 Å². The number of ether oxygens (including phenoxy) is 2. The van der Waals surface area contributed by atoms with E-state index in [4.69, 9.17) is 9.47 Å². The molecule has 4 atom stereocenters. The zero-order valence-corrected chi connectivity index (χ0v) is 39.8. The van der Waals surface area contributed by atoms with Gasteiger partial charge in [-0.3, -0.25) is 9.59 Å². The number of nitrogens with one attached hydrogen (secondary N) is 1. The van der Waals surface area contributed by atoms with Crippen LogP contribution in [-0.2, 0) is 24.7 Å². The van der Waals surface area contributed by atoms with Crippen molar-refractivity contribution in [3.05, 3.63) is 108 Å². The Kier molecular flexibility index (Phi) is 29.0. The standard InChI is InChI=1S/C56H87NO6/c1-4-6-8-10-11-12-13-14-15-16-17-18-19-20-21-22-23-24-26-37-45-53(63-47(3)58)55(61)57-51(54(60)52(59)44-36-25-9-7-5-2)46-62-56(48-38-30-27-31-39-48,49-40-32-28-33-41-49)50-42-34-29-35-43-50/h27-35,38-43,51-54,59-60H,4-26,36-37,44-46H2,1-3H3,(H,57,61)/t51-,52+,53+,54-/m0/s1. The highest BCUT2D eigenvalue weighted by atomic mass is 16.5. The maximum atomic E-state index is 14.1. The number of esters is 1. The Morgan fingerprint density at radius 2 is 0.841 bits per heavy atom. The molecule has 3 aromatic carbocycles. The predicted molar refractivity (Wildman–Crippen MR) is 261 cm³/mol. The van der Waals surface area contributed by atoms with Crippen LogP contribution >= 0.6 is 0 Å². The molecule has 0 bridgehead atoms. The first-order chi connectivity index (χ1) is 30.8. The third kappa shape index (κ3) is 21.3. The van der Waals surface area contributed by atoms with Gasteiger partial charge >= 0.3 is 5.97 Å². The van der Waals surface area contributed by atoms with Crippen LogP contribution in [-0.4, -0.2) is 53.1 Å². The van der Waals surface area contributed by atoms with Crippen LogP contribution in [0, 0.1) is 0 Å². The van der Waals surface area contributed by atoms with Crippen molar-refractivity contribution in [3.63, 3.8) is 0 Å². The fraction of sp³-hybridized carbons (Fsp3) is 0.643. The van der Waals surface area contributed by atoms with Gasteiger partial charge in [-0.05, 0) is 36.0 Å². The third-order valence-electron chi connectivity index (χ3n) is 12.7. The molecule has 63 heavy (non-hydrogen) atoms. The summed E-state index contributed by atoms with van der Waals surface area (Å²) in [4.78, 5) is 26.4. The summed E-state index contributed by atoms with van der Waals surface area (Å²) in [6.45, 7) is 5.65. The van der Waals surface area contributed by atoms with E-state index in [0.29, 0.717) is 12.8 Å². The van der Waals surface area contributed by atoms with Crippen molar-refractivity contribution >= 4 is 11.9 Å². The fourth-order valence-electron chi connectivity index (χ4n) is 8.91. The Labute approximate surface area is 383 Å². The van der Waals surface area contributed by atoms with E-state index >= 15 is 0 Å². The van der Waals surface area contributed by atoms with Crippen LogP contribution in [0.25, 0.3) is 0 Å². The molecule has 0 spiro atoms. The lowest BCUT2D eigenvalue weighted by molar-refractivity contribution is -0.155. The van der Waals surface area contributed by atoms with Crippen LogP contribution < -0.4 is 5.32 Å². The Bertz CT molecular complexity index is 1460. The molecule has 3 rings (SSSR count). The van der Waals surface area contributed by atoms with E-state index in [9.17, 15) is 19.8 Å². The third-order valence-corrected chi connectivity index (χ3v) is 12.7. The minimum atomic E-state index is -1.32. The van der Waals surface area contributed by atoms with Gasteiger partial charge in [0.1, 0.15) is 11.7 Å². The van der Waals surface area contributed by atoms with E-state index in [1.807, 2.05) is 91.0 Å². The smallest absolute Gasteiger partial charge is 0.303 e. The van der Waals surface area contributed by atoms with E-state index in [0.717, 1.165) is 74.5 Å². The zero-order valence-electron chi connectivity index (χ0n) is 39.8. The van der Waals surface area contributed by atoms with E-state index < -0.39 is 41.8 Å². The molecule has 0 radical (unpaired) electrons. The second kappa shape index (κ2) is 33.9. The summed E-state index contributed by atoms with van der Waals surface area (Å²) in [6, 6.07) is 28.9. The normalized spacial score (nSPS) is 13.6. The molecule has 0 aromatic heterocycles. The summed E-state index contributed by atoms with van der Waals surface area (Å²) < 4.78 is 12.7. The van der Waals surface area contributed by atoms with Crippen molar-refractivity contribution in [2.24, 2.45) is 0 Å². The molecule has 0 saturated carbocycles. The first-order valence-corrected chi connectivity index (χ1v) is 25.5. The molecule has 0 aliphatic rings. The molecule has 7 heteroatoms. The van der Waals surface area contributed by atoms with Crippen molar-refractivity contribution in [1.82, 2.24) is 5.32 Å². The Hall–Kier alpha value is -3.52. The Morgan fingerprint density at radius 1 is 0.508 bits per heavy atom. The number of rotatable bonds is 38. The first-order valence-electron chi connectivity index (χ1n) is 25.5. The number of aliphatic hydroxyl groups excluding tert-OH is 2. The summed E-state index contributed by atoms with van der Waals surface area (Å²) >= 11 is 0. The summed E-state index contributed by atoms with van der Waals surface area (Å²) in [7, 11) is 0. The van der Waals surface area contributed by atoms with Gasteiger partial charge < -0.3 is 25.0 Å². The van der Waals surface area contributed by atoms with Crippen LogP contribution in [0.4, 0.5) is 0 Å². The molecule has 0 heterocycles. The Morgan fingerprint density at radius 3 is 1.19 bits per heavy atom. The monoisotopic (exact) mass is 870 g/mol. The van der Waals surface area contributed by atoms with E-state index in [1.54, 1.807) is 0 Å². The summed E-state index contributed by atoms with van der Waals surface area (Å²) in [5.74, 6) is -1.02. The van der Waals surface area contributed by atoms with E-state index in [-0.39, 0.29) is 6.61 Å². The van der Waals surface area contributed by atoms with Gasteiger partial charge in [-0.2, -0.15) is 0 Å². The molecule has 1 amide bonds. The van der Waals surface area contributed by atoms with Gasteiger partial charge in [0.05, 0.1) is 18.8 Å². The molecular formula is C56H87NO6. The van der Waals surface area contributed by atoms with Crippen LogP contribution in [0.2, 0.25) is 0 Å². The average Bonchev–Trinajstić information content (AvgIpc) is 3.30. The van der Waals surface area contributed by atoms with Gasteiger partial charge in [0.25, 0.3) is 5.91 Å². The van der Waals surface area contributed by atoms with Crippen LogP contribution in [0.5, 0.6) is 0 Å². The van der Waals surface area contributed by atoms with Crippen LogP contribution in [0.3, 0.4) is 0 Å². The topological polar surface area (TPSA) is 105 Å². The lowest BCUT2D eigenvalue weighted by Crippen LogP contribution is -2.55. The molecule has 0 saturated heterocycles. The molecule has 0 aliphatic heterocycles. The fourth-order valence-corrected chi connectivity index (χ4v) is 8.91. The maximum absolute atomic E-state index is 14.1. The molecular weight excluding hydrogens is 783 g/mol. The number of amides is 1. The van der Waals surface area contributed by atoms with Gasteiger partial charge in [-0.1, -0.05) is 259 Å². The lowest BCUT2D eigenvalue weighted by Gasteiger charge is -2.38. The quantitative estimate of drug-likeness (QED) is 0.0301. The van der Waals surface area contributed by atoms with Gasteiger partial charge in [-0.15, -0.1) is 0 Å². The van der Waals surface area contributed by atoms with Gasteiger partial charge in [0.15, 0.2) is 6.10 Å². The number of hydrogen-bond donors (Lipinski definition) is 3. The van der Waals surface area contributed by atoms with Crippen LogP contribution in [0.15, 0.2) is 91.0 Å². The van der Waals surface area contributed by atoms with Gasteiger partial charge in [0, 0.05) is 6.92 Å². The molecule has 0 aliphatic carbocycles. The predicted octanol–water partition coefficient (Wildman–Crippen LogP) is 13.7. The summed E-state index contributed by atoms with van der Waals surface area (Å²) in [6.07, 6.45) is 28.2. The molecule has 352 valence electrons. The molecule has 3 aromatic rings. The molecule has 7 nitrogen and oxygen atoms in total. The molecule has 0 fully saturated rings. The highest BCUT2D eigenvalue weighted by molar-refractivity contribution is 5.83. The van der Waals surface area contributed by atoms with Crippen molar-refractivity contribution in [2.45, 2.75) is 224 Å². The van der Waals surface area contributed by atoms with Crippen molar-refractivity contribution in [1.29, 1.82) is 0 Å². The largest absolute Gasteiger partial charge is 0.452 e. The lowest BCUT2D eigenvalue weighted by atomic mass is 9.80. The minimum Gasteiger partial charge on any atom is -0.452 e. The van der Waals surface area contributed by atoms with Crippen molar-refractivity contribution < 1.29 is 29.3 Å². The average molecular weight is 870 g/mol. The van der Waals surface area contributed by atoms with Crippen molar-refractivity contribution in [2.75, 3.05) is 6.61 Å². The molecule has 0 unspecified atom stereocenters. The number of aliphatic hydroxyl groups is 2. The van der Waals surface area contributed by atoms with Gasteiger partial charge in [-0.25, -0.2) is 0 Å². The van der Waals surface area contributed by atoms with E-state index in [1.165, 1.54) is 110 Å². The minimum absolute atomic E-state index is 0.120. The second-order valence-electron chi connectivity index (χ2n) is 18.1. The zero-order chi connectivity index (χ0) is 45.2. The second-order valence-corrected chi connectivity index (χ2v) is 18.1. The number of benzene rings is 3. The number of carbonyl (C=O) groups excluding carboxylic acids is 2. The number of hydrogen-bond acceptors (Lipinski definition) is 6.